The molecule has 1 N–H and O–H groups in total. The summed E-state index contributed by atoms with van der Waals surface area (Å²) in [6, 6.07) is 6.20. The average Bonchev–Trinajstić information content (AvgIpc) is 2.96. The van der Waals surface area contributed by atoms with E-state index >= 15 is 0 Å². The minimum atomic E-state index is -3.76. The van der Waals surface area contributed by atoms with Crippen molar-refractivity contribution in [2.24, 2.45) is 0 Å². The molecule has 0 aromatic heterocycles. The summed E-state index contributed by atoms with van der Waals surface area (Å²) in [5.74, 6) is 0.835. The number of nitrogens with zero attached hydrogens (tertiary/aromatic N) is 2. The first kappa shape index (κ1) is 18.1. The molecule has 0 aliphatic carbocycles. The van der Waals surface area contributed by atoms with Crippen molar-refractivity contribution in [2.45, 2.75) is 16.9 Å². The van der Waals surface area contributed by atoms with Gasteiger partial charge in [0.1, 0.15) is 10.4 Å². The van der Waals surface area contributed by atoms with E-state index in [4.69, 9.17) is 11.6 Å². The number of carbonyl (C=O) groups is 1. The van der Waals surface area contributed by atoms with Gasteiger partial charge in [-0.05, 0) is 30.4 Å². The summed E-state index contributed by atoms with van der Waals surface area (Å²) in [5.41, 5.74) is -0.747. The average molecular weight is 374 g/mol. The molecule has 9 heteroatoms. The minimum Gasteiger partial charge on any atom is -0.333 e. The number of amides is 1. The Hall–Kier alpha value is -1.27. The second-order valence-corrected chi connectivity index (χ2v) is 9.02. The van der Waals surface area contributed by atoms with Gasteiger partial charge in [0.25, 0.3) is 5.91 Å². The van der Waals surface area contributed by atoms with Crippen molar-refractivity contribution in [1.29, 1.82) is 5.26 Å². The summed E-state index contributed by atoms with van der Waals surface area (Å²) in [5, 5.41) is 12.1. The highest BCUT2D eigenvalue weighted by Gasteiger charge is 2.36. The van der Waals surface area contributed by atoms with Gasteiger partial charge in [0.05, 0.1) is 11.1 Å². The molecule has 124 valence electrons. The van der Waals surface area contributed by atoms with Crippen molar-refractivity contribution < 1.29 is 13.2 Å². The van der Waals surface area contributed by atoms with Crippen LogP contribution < -0.4 is 5.32 Å². The van der Waals surface area contributed by atoms with E-state index in [0.29, 0.717) is 12.2 Å². The first-order valence-electron chi connectivity index (χ1n) is 6.75. The van der Waals surface area contributed by atoms with E-state index in [9.17, 15) is 18.5 Å². The third-order valence-corrected chi connectivity index (χ3v) is 7.03. The Morgan fingerprint density at radius 3 is 2.70 bits per heavy atom. The van der Waals surface area contributed by atoms with Crippen molar-refractivity contribution in [3.63, 3.8) is 0 Å². The molecule has 1 saturated heterocycles. The van der Waals surface area contributed by atoms with Crippen LogP contribution in [-0.2, 0) is 10.0 Å². The molecule has 1 aromatic carbocycles. The largest absolute Gasteiger partial charge is 0.333 e. The topological polar surface area (TPSA) is 90.3 Å². The van der Waals surface area contributed by atoms with Gasteiger partial charge >= 0.3 is 0 Å². The van der Waals surface area contributed by atoms with Crippen molar-refractivity contribution in [3.05, 3.63) is 28.8 Å². The number of nitriles is 1. The maximum Gasteiger partial charge on any atom is 0.252 e. The maximum absolute atomic E-state index is 12.4. The molecule has 0 saturated carbocycles. The Bertz CT molecular complexity index is 766. The van der Waals surface area contributed by atoms with Crippen LogP contribution in [0, 0.1) is 11.3 Å². The normalized spacial score (nSPS) is 21.2. The van der Waals surface area contributed by atoms with Crippen molar-refractivity contribution in [3.8, 4) is 6.07 Å². The number of thioether (sulfide) groups is 1. The van der Waals surface area contributed by atoms with Gasteiger partial charge in [0, 0.05) is 25.4 Å². The quantitative estimate of drug-likeness (QED) is 0.867. The molecule has 1 aliphatic rings. The van der Waals surface area contributed by atoms with Gasteiger partial charge in [-0.3, -0.25) is 4.79 Å². The van der Waals surface area contributed by atoms with Crippen LogP contribution in [0.3, 0.4) is 0 Å². The van der Waals surface area contributed by atoms with Crippen LogP contribution in [0.4, 0.5) is 0 Å². The fourth-order valence-electron chi connectivity index (χ4n) is 2.11. The highest BCUT2D eigenvalue weighted by atomic mass is 35.5. The molecule has 23 heavy (non-hydrogen) atoms. The number of halogens is 1. The Kier molecular flexibility index (Phi) is 5.26. The zero-order chi connectivity index (χ0) is 17.3. The summed E-state index contributed by atoms with van der Waals surface area (Å²) in [7, 11) is -0.984. The second-order valence-electron chi connectivity index (χ2n) is 5.38. The minimum absolute atomic E-state index is 0.0432. The summed E-state index contributed by atoms with van der Waals surface area (Å²) in [4.78, 5) is 12.3. The van der Waals surface area contributed by atoms with Crippen LogP contribution in [-0.4, -0.2) is 49.8 Å². The zero-order valence-corrected chi connectivity index (χ0v) is 15.1. The van der Waals surface area contributed by atoms with Gasteiger partial charge in [-0.1, -0.05) is 11.6 Å². The molecule has 1 heterocycles. The van der Waals surface area contributed by atoms with Crippen molar-refractivity contribution >= 4 is 39.3 Å². The number of hydrogen-bond donors (Lipinski definition) is 1. The summed E-state index contributed by atoms with van der Waals surface area (Å²) in [6.45, 7) is 0. The smallest absolute Gasteiger partial charge is 0.252 e. The molecule has 0 bridgehead atoms. The van der Waals surface area contributed by atoms with E-state index in [1.807, 2.05) is 0 Å². The molecule has 6 nitrogen and oxygen atoms in total. The van der Waals surface area contributed by atoms with E-state index in [2.05, 4.69) is 11.4 Å². The maximum atomic E-state index is 12.4. The number of nitrogens with one attached hydrogen (secondary N) is 1. The molecule has 1 aromatic rings. The molecule has 1 unspecified atom stereocenters. The summed E-state index contributed by atoms with van der Waals surface area (Å²) < 4.78 is 25.5. The molecule has 1 fully saturated rings. The molecule has 0 radical (unpaired) electrons. The lowest BCUT2D eigenvalue weighted by Crippen LogP contribution is -2.47. The van der Waals surface area contributed by atoms with Crippen LogP contribution in [0.2, 0.25) is 5.02 Å². The van der Waals surface area contributed by atoms with E-state index in [1.165, 1.54) is 32.3 Å². The lowest BCUT2D eigenvalue weighted by Gasteiger charge is -2.21. The lowest BCUT2D eigenvalue weighted by atomic mass is 10.0. The van der Waals surface area contributed by atoms with E-state index in [1.54, 1.807) is 11.8 Å². The summed E-state index contributed by atoms with van der Waals surface area (Å²) >= 11 is 7.56. The molecule has 1 amide bonds. The standard InChI is InChI=1S/C14H16ClN3O3S2/c1-18(2)23(20,21)12-7-10(3-4-11(12)15)13(19)17-14(8-16)5-6-22-9-14/h3-4,7H,5-6,9H2,1-2H3,(H,17,19). The molecule has 2 rings (SSSR count). The van der Waals surface area contributed by atoms with Crippen LogP contribution in [0.15, 0.2) is 23.1 Å². The molecular weight excluding hydrogens is 358 g/mol. The van der Waals surface area contributed by atoms with E-state index < -0.39 is 21.5 Å². The van der Waals surface area contributed by atoms with Gasteiger partial charge in [-0.25, -0.2) is 12.7 Å². The molecular formula is C14H16ClN3O3S2. The highest BCUT2D eigenvalue weighted by molar-refractivity contribution is 7.99. The fourth-order valence-corrected chi connectivity index (χ4v) is 4.77. The predicted octanol–water partition coefficient (Wildman–Crippen LogP) is 1.72. The van der Waals surface area contributed by atoms with E-state index in [0.717, 1.165) is 10.1 Å². The van der Waals surface area contributed by atoms with E-state index in [-0.39, 0.29) is 15.5 Å². The Balaban J connectivity index is 2.35. The Morgan fingerprint density at radius 1 is 1.48 bits per heavy atom. The van der Waals surface area contributed by atoms with Gasteiger partial charge < -0.3 is 5.32 Å². The number of sulfonamides is 1. The Labute approximate surface area is 144 Å². The lowest BCUT2D eigenvalue weighted by molar-refractivity contribution is 0.0926. The molecule has 1 atom stereocenters. The molecule has 0 spiro atoms. The van der Waals surface area contributed by atoms with Crippen LogP contribution >= 0.6 is 23.4 Å². The molecule has 1 aliphatic heterocycles. The third kappa shape index (κ3) is 3.63. The first-order valence-corrected chi connectivity index (χ1v) is 9.73. The van der Waals surface area contributed by atoms with Gasteiger partial charge in [0.2, 0.25) is 10.0 Å². The van der Waals surface area contributed by atoms with Gasteiger partial charge in [0.15, 0.2) is 0 Å². The van der Waals surface area contributed by atoms with Crippen LogP contribution in [0.25, 0.3) is 0 Å². The van der Waals surface area contributed by atoms with Crippen molar-refractivity contribution in [1.82, 2.24) is 9.62 Å². The highest BCUT2D eigenvalue weighted by Crippen LogP contribution is 2.29. The number of hydrogen-bond acceptors (Lipinski definition) is 5. The Morgan fingerprint density at radius 2 is 2.17 bits per heavy atom. The van der Waals surface area contributed by atoms with Gasteiger partial charge in [-0.2, -0.15) is 17.0 Å². The monoisotopic (exact) mass is 373 g/mol. The third-order valence-electron chi connectivity index (χ3n) is 3.54. The zero-order valence-electron chi connectivity index (χ0n) is 12.7. The number of rotatable bonds is 4. The van der Waals surface area contributed by atoms with Crippen molar-refractivity contribution in [2.75, 3.05) is 25.6 Å². The van der Waals surface area contributed by atoms with Gasteiger partial charge in [-0.15, -0.1) is 0 Å². The summed E-state index contributed by atoms with van der Waals surface area (Å²) in [6.07, 6.45) is 0.566. The number of benzene rings is 1. The second kappa shape index (κ2) is 6.69. The SMILES string of the molecule is CN(C)S(=O)(=O)c1cc(C(=O)NC2(C#N)CCSC2)ccc1Cl. The van der Waals surface area contributed by atoms with Crippen LogP contribution in [0.5, 0.6) is 0 Å². The number of carbonyl (C=O) groups excluding carboxylic acids is 1. The first-order chi connectivity index (χ1) is 10.7. The fraction of sp³-hybridized carbons (Fsp3) is 0.429. The van der Waals surface area contributed by atoms with Crippen LogP contribution in [0.1, 0.15) is 16.8 Å². The predicted molar refractivity (Wildman–Crippen MR) is 90.1 cm³/mol.